The highest BCUT2D eigenvalue weighted by molar-refractivity contribution is 7.99. The molecule has 0 saturated carbocycles. The molecule has 0 aliphatic heterocycles. The minimum Gasteiger partial charge on any atom is -0.496 e. The van der Waals surface area contributed by atoms with Gasteiger partial charge in [0.1, 0.15) is 5.75 Å². The maximum Gasteiger partial charge on any atom is 0.121 e. The van der Waals surface area contributed by atoms with E-state index in [4.69, 9.17) is 4.74 Å². The molecule has 1 aromatic rings. The van der Waals surface area contributed by atoms with Crippen LogP contribution in [0.15, 0.2) is 23.1 Å². The van der Waals surface area contributed by atoms with E-state index in [2.05, 4.69) is 31.3 Å². The number of benzene rings is 1. The first-order valence-corrected chi connectivity index (χ1v) is 5.74. The zero-order chi connectivity index (χ0) is 10.4. The molecule has 2 nitrogen and oxygen atoms in total. The predicted molar refractivity (Wildman–Crippen MR) is 62.1 cm³/mol. The molecule has 0 spiro atoms. The SMILES string of the molecule is CCNCSc1ccc(OC)c(C)c1. The van der Waals surface area contributed by atoms with Gasteiger partial charge in [0.2, 0.25) is 0 Å². The molecule has 14 heavy (non-hydrogen) atoms. The number of methoxy groups -OCH3 is 1. The van der Waals surface area contributed by atoms with E-state index in [1.165, 1.54) is 10.5 Å². The zero-order valence-electron chi connectivity index (χ0n) is 8.96. The third kappa shape index (κ3) is 3.24. The van der Waals surface area contributed by atoms with Gasteiger partial charge in [0.05, 0.1) is 7.11 Å². The van der Waals surface area contributed by atoms with Gasteiger partial charge in [-0.15, -0.1) is 11.8 Å². The van der Waals surface area contributed by atoms with E-state index >= 15 is 0 Å². The summed E-state index contributed by atoms with van der Waals surface area (Å²) < 4.78 is 5.20. The maximum absolute atomic E-state index is 5.20. The molecule has 1 aromatic carbocycles. The average Bonchev–Trinajstić information content (AvgIpc) is 2.18. The molecule has 0 bridgehead atoms. The molecule has 0 aromatic heterocycles. The van der Waals surface area contributed by atoms with Gasteiger partial charge in [-0.1, -0.05) is 6.92 Å². The topological polar surface area (TPSA) is 21.3 Å². The molecule has 0 atom stereocenters. The third-order valence-corrected chi connectivity index (χ3v) is 2.89. The summed E-state index contributed by atoms with van der Waals surface area (Å²) in [6, 6.07) is 6.26. The smallest absolute Gasteiger partial charge is 0.121 e. The van der Waals surface area contributed by atoms with Crippen LogP contribution in [0.2, 0.25) is 0 Å². The van der Waals surface area contributed by atoms with Crippen LogP contribution in [0.4, 0.5) is 0 Å². The number of rotatable bonds is 5. The van der Waals surface area contributed by atoms with Gasteiger partial charge in [0.15, 0.2) is 0 Å². The highest BCUT2D eigenvalue weighted by Crippen LogP contribution is 2.24. The first-order chi connectivity index (χ1) is 6.77. The third-order valence-electron chi connectivity index (χ3n) is 1.96. The fourth-order valence-electron chi connectivity index (χ4n) is 1.18. The van der Waals surface area contributed by atoms with Crippen molar-refractivity contribution >= 4 is 11.8 Å². The van der Waals surface area contributed by atoms with Gasteiger partial charge >= 0.3 is 0 Å². The number of ether oxygens (including phenoxy) is 1. The average molecular weight is 211 g/mol. The summed E-state index contributed by atoms with van der Waals surface area (Å²) >= 11 is 1.81. The van der Waals surface area contributed by atoms with Crippen LogP contribution in [0.3, 0.4) is 0 Å². The van der Waals surface area contributed by atoms with Crippen LogP contribution in [-0.2, 0) is 0 Å². The van der Waals surface area contributed by atoms with Gasteiger partial charge in [-0.25, -0.2) is 0 Å². The van der Waals surface area contributed by atoms with Crippen molar-refractivity contribution in [3.05, 3.63) is 23.8 Å². The lowest BCUT2D eigenvalue weighted by molar-refractivity contribution is 0.411. The molecule has 0 heterocycles. The van der Waals surface area contributed by atoms with Crippen LogP contribution in [0.25, 0.3) is 0 Å². The first-order valence-electron chi connectivity index (χ1n) is 4.76. The van der Waals surface area contributed by atoms with Crippen LogP contribution in [0, 0.1) is 6.92 Å². The Kier molecular flexibility index (Phi) is 4.84. The Labute approximate surface area is 90.0 Å². The van der Waals surface area contributed by atoms with Crippen LogP contribution < -0.4 is 10.1 Å². The Hall–Kier alpha value is -0.670. The fraction of sp³-hybridized carbons (Fsp3) is 0.455. The van der Waals surface area contributed by atoms with E-state index in [0.717, 1.165) is 18.2 Å². The summed E-state index contributed by atoms with van der Waals surface area (Å²) in [7, 11) is 1.70. The second kappa shape index (κ2) is 5.94. The van der Waals surface area contributed by atoms with E-state index in [9.17, 15) is 0 Å². The lowest BCUT2D eigenvalue weighted by Gasteiger charge is -2.07. The fourth-order valence-corrected chi connectivity index (χ4v) is 2.07. The van der Waals surface area contributed by atoms with Gasteiger partial charge in [-0.3, -0.25) is 0 Å². The molecule has 0 unspecified atom stereocenters. The Balaban J connectivity index is 2.57. The molecule has 1 N–H and O–H groups in total. The number of hydrogen-bond acceptors (Lipinski definition) is 3. The highest BCUT2D eigenvalue weighted by atomic mass is 32.2. The van der Waals surface area contributed by atoms with E-state index in [1.807, 2.05) is 17.8 Å². The predicted octanol–water partition coefficient (Wildman–Crippen LogP) is 2.66. The monoisotopic (exact) mass is 211 g/mol. The molecular weight excluding hydrogens is 194 g/mol. The molecule has 0 radical (unpaired) electrons. The van der Waals surface area contributed by atoms with Gasteiger partial charge in [-0.2, -0.15) is 0 Å². The summed E-state index contributed by atoms with van der Waals surface area (Å²) in [4.78, 5) is 1.28. The van der Waals surface area contributed by atoms with Gasteiger partial charge in [0, 0.05) is 10.8 Å². The van der Waals surface area contributed by atoms with Crippen molar-refractivity contribution in [1.29, 1.82) is 0 Å². The number of nitrogens with one attached hydrogen (secondary N) is 1. The van der Waals surface area contributed by atoms with Crippen LogP contribution >= 0.6 is 11.8 Å². The van der Waals surface area contributed by atoms with E-state index in [-0.39, 0.29) is 0 Å². The summed E-state index contributed by atoms with van der Waals surface area (Å²) in [6.45, 7) is 5.19. The minimum atomic E-state index is 0.956. The summed E-state index contributed by atoms with van der Waals surface area (Å²) in [5.74, 6) is 1.92. The lowest BCUT2D eigenvalue weighted by Crippen LogP contribution is -2.10. The molecule has 78 valence electrons. The normalized spacial score (nSPS) is 10.2. The second-order valence-electron chi connectivity index (χ2n) is 3.02. The van der Waals surface area contributed by atoms with Crippen LogP contribution in [0.5, 0.6) is 5.75 Å². The highest BCUT2D eigenvalue weighted by Gasteiger charge is 1.99. The van der Waals surface area contributed by atoms with Crippen molar-refractivity contribution in [2.75, 3.05) is 19.5 Å². The second-order valence-corrected chi connectivity index (χ2v) is 4.07. The van der Waals surface area contributed by atoms with Crippen molar-refractivity contribution in [3.63, 3.8) is 0 Å². The standard InChI is InChI=1S/C11H17NOS/c1-4-12-8-14-10-5-6-11(13-3)9(2)7-10/h5-7,12H,4,8H2,1-3H3. The molecular formula is C11H17NOS. The van der Waals surface area contributed by atoms with E-state index < -0.39 is 0 Å². The Morgan fingerprint density at radius 2 is 2.21 bits per heavy atom. The number of aryl methyl sites for hydroxylation is 1. The largest absolute Gasteiger partial charge is 0.496 e. The number of thioether (sulfide) groups is 1. The van der Waals surface area contributed by atoms with Crippen LogP contribution in [0.1, 0.15) is 12.5 Å². The Morgan fingerprint density at radius 3 is 2.79 bits per heavy atom. The molecule has 0 aliphatic rings. The maximum atomic E-state index is 5.20. The summed E-state index contributed by atoms with van der Waals surface area (Å²) in [5, 5.41) is 3.28. The van der Waals surface area contributed by atoms with Crippen molar-refractivity contribution in [2.45, 2.75) is 18.7 Å². The molecule has 0 aliphatic carbocycles. The Bertz CT molecular complexity index is 289. The van der Waals surface area contributed by atoms with E-state index in [0.29, 0.717) is 0 Å². The van der Waals surface area contributed by atoms with E-state index in [1.54, 1.807) is 7.11 Å². The van der Waals surface area contributed by atoms with Crippen molar-refractivity contribution in [2.24, 2.45) is 0 Å². The van der Waals surface area contributed by atoms with Crippen molar-refractivity contribution in [3.8, 4) is 5.75 Å². The molecule has 0 amide bonds. The molecule has 3 heteroatoms. The lowest BCUT2D eigenvalue weighted by atomic mass is 10.2. The van der Waals surface area contributed by atoms with Gasteiger partial charge < -0.3 is 10.1 Å². The summed E-state index contributed by atoms with van der Waals surface area (Å²) in [6.07, 6.45) is 0. The molecule has 0 fully saturated rings. The van der Waals surface area contributed by atoms with Gasteiger partial charge in [-0.05, 0) is 37.2 Å². The molecule has 0 saturated heterocycles. The quantitative estimate of drug-likeness (QED) is 0.459. The van der Waals surface area contributed by atoms with Crippen molar-refractivity contribution in [1.82, 2.24) is 5.32 Å². The minimum absolute atomic E-state index is 0.956. The van der Waals surface area contributed by atoms with Crippen molar-refractivity contribution < 1.29 is 4.74 Å². The zero-order valence-corrected chi connectivity index (χ0v) is 9.78. The first kappa shape index (κ1) is 11.4. The van der Waals surface area contributed by atoms with Gasteiger partial charge in [0.25, 0.3) is 0 Å². The Morgan fingerprint density at radius 1 is 1.43 bits per heavy atom. The van der Waals surface area contributed by atoms with Crippen LogP contribution in [-0.4, -0.2) is 19.5 Å². The summed E-state index contributed by atoms with van der Waals surface area (Å²) in [5.41, 5.74) is 1.19. The molecule has 1 rings (SSSR count). The number of hydrogen-bond donors (Lipinski definition) is 1.